The second-order valence-electron chi connectivity index (χ2n) is 5.51. The Hall–Kier alpha value is -1.89. The molecule has 0 spiro atoms. The molecule has 0 N–H and O–H groups in total. The molecular weight excluding hydrogens is 316 g/mol. The lowest BCUT2D eigenvalue weighted by Crippen LogP contribution is -2.43. The van der Waals surface area contributed by atoms with Crippen molar-refractivity contribution in [2.75, 3.05) is 26.7 Å². The topological polar surface area (TPSA) is 66.9 Å². The Balaban J connectivity index is 1.88. The molecule has 23 heavy (non-hydrogen) atoms. The SMILES string of the molecule is CCOC(=O)CCN(C(=O)CN(C)C(=O)c1cccs1)C1CC1. The Morgan fingerprint density at radius 3 is 2.65 bits per heavy atom. The van der Waals surface area contributed by atoms with E-state index in [4.69, 9.17) is 4.74 Å². The van der Waals surface area contributed by atoms with Crippen LogP contribution in [0.2, 0.25) is 0 Å². The third kappa shape index (κ3) is 5.06. The second kappa shape index (κ2) is 8.10. The summed E-state index contributed by atoms with van der Waals surface area (Å²) in [6, 6.07) is 3.75. The Labute approximate surface area is 140 Å². The lowest BCUT2D eigenvalue weighted by atomic mass is 10.3. The van der Waals surface area contributed by atoms with Gasteiger partial charge in [-0.1, -0.05) is 6.07 Å². The number of nitrogens with zero attached hydrogens (tertiary/aromatic N) is 2. The molecule has 0 saturated heterocycles. The standard InChI is InChI=1S/C16H22N2O4S/c1-3-22-15(20)8-9-18(12-6-7-12)14(19)11-17(2)16(21)13-5-4-10-23-13/h4-5,10,12H,3,6-9,11H2,1-2H3. The van der Waals surface area contributed by atoms with Gasteiger partial charge < -0.3 is 14.5 Å². The molecule has 1 fully saturated rings. The van der Waals surface area contributed by atoms with Crippen LogP contribution in [0.3, 0.4) is 0 Å². The Bertz CT molecular complexity index is 554. The van der Waals surface area contributed by atoms with E-state index in [1.807, 2.05) is 11.4 Å². The summed E-state index contributed by atoms with van der Waals surface area (Å²) < 4.78 is 4.90. The summed E-state index contributed by atoms with van der Waals surface area (Å²) in [4.78, 5) is 39.9. The molecule has 0 radical (unpaired) electrons. The van der Waals surface area contributed by atoms with Gasteiger partial charge in [0.2, 0.25) is 5.91 Å². The molecule has 1 saturated carbocycles. The maximum absolute atomic E-state index is 12.5. The molecule has 1 aliphatic rings. The maximum Gasteiger partial charge on any atom is 0.307 e. The van der Waals surface area contributed by atoms with Gasteiger partial charge in [0.05, 0.1) is 24.4 Å². The van der Waals surface area contributed by atoms with Gasteiger partial charge in [-0.15, -0.1) is 11.3 Å². The minimum atomic E-state index is -0.297. The van der Waals surface area contributed by atoms with Crippen LogP contribution in [0.25, 0.3) is 0 Å². The molecule has 126 valence electrons. The summed E-state index contributed by atoms with van der Waals surface area (Å²) in [7, 11) is 1.62. The minimum absolute atomic E-state index is 0.0239. The smallest absolute Gasteiger partial charge is 0.307 e. The fourth-order valence-corrected chi connectivity index (χ4v) is 3.01. The predicted octanol–water partition coefficient (Wildman–Crippen LogP) is 1.76. The van der Waals surface area contributed by atoms with E-state index in [1.54, 1.807) is 24.9 Å². The summed E-state index contributed by atoms with van der Waals surface area (Å²) in [6.45, 7) is 2.47. The average molecular weight is 338 g/mol. The first-order valence-corrected chi connectivity index (χ1v) is 8.65. The molecular formula is C16H22N2O4S. The van der Waals surface area contributed by atoms with Gasteiger partial charge in [-0.05, 0) is 31.2 Å². The van der Waals surface area contributed by atoms with E-state index in [1.165, 1.54) is 16.2 Å². The molecule has 0 aliphatic heterocycles. The minimum Gasteiger partial charge on any atom is -0.466 e. The van der Waals surface area contributed by atoms with Crippen LogP contribution in [0.5, 0.6) is 0 Å². The predicted molar refractivity (Wildman–Crippen MR) is 87.3 cm³/mol. The monoisotopic (exact) mass is 338 g/mol. The number of esters is 1. The number of hydrogen-bond acceptors (Lipinski definition) is 5. The zero-order valence-corrected chi connectivity index (χ0v) is 14.3. The summed E-state index contributed by atoms with van der Waals surface area (Å²) in [5.41, 5.74) is 0. The van der Waals surface area contributed by atoms with Gasteiger partial charge in [0.1, 0.15) is 0 Å². The molecule has 0 atom stereocenters. The number of hydrogen-bond donors (Lipinski definition) is 0. The number of ether oxygens (including phenoxy) is 1. The van der Waals surface area contributed by atoms with Crippen LogP contribution in [0.1, 0.15) is 35.9 Å². The molecule has 1 aliphatic carbocycles. The van der Waals surface area contributed by atoms with Gasteiger partial charge in [-0.2, -0.15) is 0 Å². The van der Waals surface area contributed by atoms with Crippen LogP contribution in [-0.2, 0) is 14.3 Å². The highest BCUT2D eigenvalue weighted by molar-refractivity contribution is 7.12. The largest absolute Gasteiger partial charge is 0.466 e. The van der Waals surface area contributed by atoms with E-state index >= 15 is 0 Å². The Morgan fingerprint density at radius 1 is 1.35 bits per heavy atom. The van der Waals surface area contributed by atoms with Gasteiger partial charge in [-0.25, -0.2) is 0 Å². The lowest BCUT2D eigenvalue weighted by Gasteiger charge is -2.25. The zero-order chi connectivity index (χ0) is 16.8. The van der Waals surface area contributed by atoms with Crippen LogP contribution < -0.4 is 0 Å². The van der Waals surface area contributed by atoms with Gasteiger partial charge >= 0.3 is 5.97 Å². The molecule has 0 unspecified atom stereocenters. The molecule has 1 aromatic rings. The van der Waals surface area contributed by atoms with E-state index in [9.17, 15) is 14.4 Å². The second-order valence-corrected chi connectivity index (χ2v) is 6.46. The fourth-order valence-electron chi connectivity index (χ4n) is 2.30. The van der Waals surface area contributed by atoms with E-state index in [-0.39, 0.29) is 36.8 Å². The first-order chi connectivity index (χ1) is 11.0. The van der Waals surface area contributed by atoms with Gasteiger partial charge in [0, 0.05) is 19.6 Å². The highest BCUT2D eigenvalue weighted by atomic mass is 32.1. The molecule has 7 heteroatoms. The third-order valence-corrected chi connectivity index (χ3v) is 4.48. The van der Waals surface area contributed by atoms with Gasteiger partial charge in [0.15, 0.2) is 0 Å². The van der Waals surface area contributed by atoms with Crippen molar-refractivity contribution in [2.24, 2.45) is 0 Å². The van der Waals surface area contributed by atoms with Crippen molar-refractivity contribution in [2.45, 2.75) is 32.2 Å². The summed E-state index contributed by atoms with van der Waals surface area (Å²) in [6.07, 6.45) is 2.10. The molecule has 0 aromatic carbocycles. The van der Waals surface area contributed by atoms with Gasteiger partial charge in [0.25, 0.3) is 5.91 Å². The molecule has 2 amide bonds. The highest BCUT2D eigenvalue weighted by Crippen LogP contribution is 2.27. The number of carbonyl (C=O) groups excluding carboxylic acids is 3. The number of amides is 2. The third-order valence-electron chi connectivity index (χ3n) is 3.62. The van der Waals surface area contributed by atoms with Crippen molar-refractivity contribution in [3.05, 3.63) is 22.4 Å². The van der Waals surface area contributed by atoms with Crippen molar-refractivity contribution in [3.8, 4) is 0 Å². The Morgan fingerprint density at radius 2 is 2.09 bits per heavy atom. The molecule has 6 nitrogen and oxygen atoms in total. The van der Waals surface area contributed by atoms with Crippen molar-refractivity contribution in [1.29, 1.82) is 0 Å². The first kappa shape index (κ1) is 17.5. The summed E-state index contributed by atoms with van der Waals surface area (Å²) >= 11 is 1.36. The van der Waals surface area contributed by atoms with E-state index in [0.29, 0.717) is 18.0 Å². The van der Waals surface area contributed by atoms with E-state index in [2.05, 4.69) is 0 Å². The maximum atomic E-state index is 12.5. The van der Waals surface area contributed by atoms with Crippen molar-refractivity contribution in [1.82, 2.24) is 9.80 Å². The normalized spacial score (nSPS) is 13.5. The van der Waals surface area contributed by atoms with E-state index in [0.717, 1.165) is 12.8 Å². The molecule has 1 aromatic heterocycles. The van der Waals surface area contributed by atoms with Crippen LogP contribution >= 0.6 is 11.3 Å². The lowest BCUT2D eigenvalue weighted by molar-refractivity contribution is -0.144. The van der Waals surface area contributed by atoms with Crippen LogP contribution in [0.15, 0.2) is 17.5 Å². The molecule has 1 heterocycles. The van der Waals surface area contributed by atoms with Crippen molar-refractivity contribution >= 4 is 29.1 Å². The van der Waals surface area contributed by atoms with Gasteiger partial charge in [-0.3, -0.25) is 14.4 Å². The number of likely N-dealkylation sites (N-methyl/N-ethyl adjacent to an activating group) is 1. The summed E-state index contributed by atoms with van der Waals surface area (Å²) in [5.74, 6) is -0.576. The van der Waals surface area contributed by atoms with Crippen molar-refractivity contribution < 1.29 is 19.1 Å². The number of rotatable bonds is 8. The van der Waals surface area contributed by atoms with Crippen molar-refractivity contribution in [3.63, 3.8) is 0 Å². The average Bonchev–Trinajstić information content (AvgIpc) is 3.20. The quantitative estimate of drug-likeness (QED) is 0.678. The van der Waals surface area contributed by atoms with Crippen LogP contribution in [0, 0.1) is 0 Å². The zero-order valence-electron chi connectivity index (χ0n) is 13.5. The number of thiophene rings is 1. The summed E-state index contributed by atoms with van der Waals surface area (Å²) in [5, 5.41) is 1.83. The highest BCUT2D eigenvalue weighted by Gasteiger charge is 2.33. The number of carbonyl (C=O) groups is 3. The molecule has 0 bridgehead atoms. The van der Waals surface area contributed by atoms with E-state index < -0.39 is 0 Å². The first-order valence-electron chi connectivity index (χ1n) is 7.77. The van der Waals surface area contributed by atoms with Crippen LogP contribution in [-0.4, -0.2) is 60.4 Å². The molecule has 2 rings (SSSR count). The Kier molecular flexibility index (Phi) is 6.15. The fraction of sp³-hybridized carbons (Fsp3) is 0.562. The van der Waals surface area contributed by atoms with Crippen LogP contribution in [0.4, 0.5) is 0 Å².